The minimum absolute atomic E-state index is 0.440. The van der Waals surface area contributed by atoms with Crippen LogP contribution in [0.15, 0.2) is 22.7 Å². The molecular weight excluding hydrogens is 334 g/mol. The maximum absolute atomic E-state index is 5.66. The molecule has 0 spiro atoms. The van der Waals surface area contributed by atoms with E-state index in [0.717, 1.165) is 22.5 Å². The Morgan fingerprint density at radius 2 is 2.10 bits per heavy atom. The zero-order chi connectivity index (χ0) is 14.7. The summed E-state index contributed by atoms with van der Waals surface area (Å²) in [7, 11) is 4.35. The van der Waals surface area contributed by atoms with Crippen molar-refractivity contribution in [3.05, 3.63) is 28.2 Å². The van der Waals surface area contributed by atoms with Crippen molar-refractivity contribution in [2.75, 3.05) is 38.6 Å². The summed E-state index contributed by atoms with van der Waals surface area (Å²) in [5, 5.41) is 0. The van der Waals surface area contributed by atoms with E-state index in [1.54, 1.807) is 0 Å². The summed E-state index contributed by atoms with van der Waals surface area (Å²) < 4.78 is 1.05. The topological polar surface area (TPSA) is 32.5 Å². The molecule has 110 valence electrons. The van der Waals surface area contributed by atoms with Crippen LogP contribution in [0.2, 0.25) is 0 Å². The Morgan fingerprint density at radius 1 is 1.45 bits per heavy atom. The van der Waals surface area contributed by atoms with Crippen LogP contribution in [0.1, 0.15) is 18.4 Å². The molecule has 1 aliphatic rings. The van der Waals surface area contributed by atoms with Crippen molar-refractivity contribution < 1.29 is 0 Å². The molecule has 0 atom stereocenters. The van der Waals surface area contributed by atoms with Gasteiger partial charge in [-0.15, -0.1) is 0 Å². The normalized spacial score (nSPS) is 17.1. The van der Waals surface area contributed by atoms with Gasteiger partial charge in [-0.2, -0.15) is 0 Å². The van der Waals surface area contributed by atoms with Gasteiger partial charge in [-0.1, -0.05) is 12.2 Å². The summed E-state index contributed by atoms with van der Waals surface area (Å²) >= 11 is 8.64. The molecular formula is C15H22BrN3S. The fourth-order valence-electron chi connectivity index (χ4n) is 2.70. The van der Waals surface area contributed by atoms with Gasteiger partial charge in [-0.3, -0.25) is 0 Å². The number of hydrogen-bond acceptors (Lipinski definition) is 3. The highest BCUT2D eigenvalue weighted by Crippen LogP contribution is 2.28. The highest BCUT2D eigenvalue weighted by molar-refractivity contribution is 9.10. The first-order valence-corrected chi connectivity index (χ1v) is 8.16. The van der Waals surface area contributed by atoms with Crippen molar-refractivity contribution in [2.24, 2.45) is 11.7 Å². The number of thiocarbonyl (C=S) groups is 1. The van der Waals surface area contributed by atoms with E-state index in [2.05, 4.69) is 45.9 Å². The predicted molar refractivity (Wildman–Crippen MR) is 93.5 cm³/mol. The zero-order valence-corrected chi connectivity index (χ0v) is 14.5. The summed E-state index contributed by atoms with van der Waals surface area (Å²) in [6.45, 7) is 3.51. The number of likely N-dealkylation sites (tertiary alicyclic amines) is 1. The van der Waals surface area contributed by atoms with Gasteiger partial charge < -0.3 is 15.5 Å². The lowest BCUT2D eigenvalue weighted by Gasteiger charge is -2.32. The molecule has 1 fully saturated rings. The molecule has 1 saturated heterocycles. The van der Waals surface area contributed by atoms with Gasteiger partial charge in [0.2, 0.25) is 0 Å². The van der Waals surface area contributed by atoms with Crippen LogP contribution >= 0.6 is 28.1 Å². The van der Waals surface area contributed by atoms with E-state index in [0.29, 0.717) is 4.99 Å². The van der Waals surface area contributed by atoms with Crippen molar-refractivity contribution in [3.8, 4) is 0 Å². The van der Waals surface area contributed by atoms with Crippen LogP contribution < -0.4 is 10.6 Å². The molecule has 2 N–H and O–H groups in total. The SMILES string of the molecule is CN1CCC(CN(C)c2ccc(C(N)=S)cc2Br)CC1. The molecule has 0 aromatic heterocycles. The van der Waals surface area contributed by atoms with E-state index >= 15 is 0 Å². The third-order valence-corrected chi connectivity index (χ3v) is 4.88. The van der Waals surface area contributed by atoms with Gasteiger partial charge in [0.15, 0.2) is 0 Å². The number of rotatable bonds is 4. The number of nitrogens with zero attached hydrogens (tertiary/aromatic N) is 2. The molecule has 0 radical (unpaired) electrons. The van der Waals surface area contributed by atoms with Crippen LogP contribution in [0.3, 0.4) is 0 Å². The highest BCUT2D eigenvalue weighted by atomic mass is 79.9. The summed E-state index contributed by atoms with van der Waals surface area (Å²) in [4.78, 5) is 5.17. The predicted octanol–water partition coefficient (Wildman–Crippen LogP) is 2.86. The third kappa shape index (κ3) is 3.93. The minimum Gasteiger partial charge on any atom is -0.389 e. The van der Waals surface area contributed by atoms with Crippen LogP contribution in [0.25, 0.3) is 0 Å². The molecule has 0 amide bonds. The van der Waals surface area contributed by atoms with Crippen molar-refractivity contribution in [2.45, 2.75) is 12.8 Å². The van der Waals surface area contributed by atoms with Gasteiger partial charge in [0.25, 0.3) is 0 Å². The largest absolute Gasteiger partial charge is 0.389 e. The molecule has 0 bridgehead atoms. The Morgan fingerprint density at radius 3 is 2.65 bits per heavy atom. The van der Waals surface area contributed by atoms with E-state index in [-0.39, 0.29) is 0 Å². The lowest BCUT2D eigenvalue weighted by molar-refractivity contribution is 0.222. The second-order valence-corrected chi connectivity index (χ2v) is 6.95. The number of anilines is 1. The van der Waals surface area contributed by atoms with Crippen molar-refractivity contribution in [3.63, 3.8) is 0 Å². The van der Waals surface area contributed by atoms with Gasteiger partial charge in [0.1, 0.15) is 4.99 Å². The molecule has 20 heavy (non-hydrogen) atoms. The number of benzene rings is 1. The Hall–Kier alpha value is -0.650. The van der Waals surface area contributed by atoms with Crippen molar-refractivity contribution in [1.29, 1.82) is 0 Å². The van der Waals surface area contributed by atoms with E-state index in [4.69, 9.17) is 18.0 Å². The third-order valence-electron chi connectivity index (χ3n) is 4.01. The lowest BCUT2D eigenvalue weighted by Crippen LogP contribution is -2.35. The van der Waals surface area contributed by atoms with Gasteiger partial charge in [-0.05, 0) is 73.0 Å². The standard InChI is InChI=1S/C15H22BrN3S/c1-18-7-5-11(6-8-18)10-19(2)14-4-3-12(15(17)20)9-13(14)16/h3-4,9,11H,5-8,10H2,1-2H3,(H2,17,20). The molecule has 1 aromatic rings. The maximum atomic E-state index is 5.66. The van der Waals surface area contributed by atoms with Crippen molar-refractivity contribution in [1.82, 2.24) is 4.90 Å². The second-order valence-electron chi connectivity index (χ2n) is 5.66. The summed E-state index contributed by atoms with van der Waals surface area (Å²) in [5.74, 6) is 0.776. The first-order valence-electron chi connectivity index (χ1n) is 6.96. The maximum Gasteiger partial charge on any atom is 0.104 e. The number of hydrogen-bond donors (Lipinski definition) is 1. The van der Waals surface area contributed by atoms with Gasteiger partial charge in [-0.25, -0.2) is 0 Å². The van der Waals surface area contributed by atoms with Crippen LogP contribution in [0.4, 0.5) is 5.69 Å². The van der Waals surface area contributed by atoms with Gasteiger partial charge in [0.05, 0.1) is 5.69 Å². The Bertz CT molecular complexity index is 484. The highest BCUT2D eigenvalue weighted by Gasteiger charge is 2.19. The second kappa shape index (κ2) is 6.87. The quantitative estimate of drug-likeness (QED) is 0.841. The molecule has 2 rings (SSSR count). The van der Waals surface area contributed by atoms with E-state index < -0.39 is 0 Å². The number of nitrogens with two attached hydrogens (primary N) is 1. The van der Waals surface area contributed by atoms with Gasteiger partial charge >= 0.3 is 0 Å². The average molecular weight is 356 g/mol. The Kier molecular flexibility index (Phi) is 5.41. The fourth-order valence-corrected chi connectivity index (χ4v) is 3.51. The van der Waals surface area contributed by atoms with E-state index in [1.165, 1.54) is 31.6 Å². The first kappa shape index (κ1) is 15.7. The van der Waals surface area contributed by atoms with E-state index in [9.17, 15) is 0 Å². The number of piperidine rings is 1. The Labute approximate surface area is 135 Å². The molecule has 5 heteroatoms. The molecule has 1 aliphatic heterocycles. The smallest absolute Gasteiger partial charge is 0.104 e. The first-order chi connectivity index (χ1) is 9.47. The minimum atomic E-state index is 0.440. The summed E-state index contributed by atoms with van der Waals surface area (Å²) in [6, 6.07) is 6.09. The fraction of sp³-hybridized carbons (Fsp3) is 0.533. The molecule has 0 aliphatic carbocycles. The molecule has 0 unspecified atom stereocenters. The molecule has 3 nitrogen and oxygen atoms in total. The lowest BCUT2D eigenvalue weighted by atomic mass is 9.96. The number of halogens is 1. The molecule has 0 saturated carbocycles. The van der Waals surface area contributed by atoms with Crippen LogP contribution in [-0.2, 0) is 0 Å². The monoisotopic (exact) mass is 355 g/mol. The van der Waals surface area contributed by atoms with Crippen LogP contribution in [0.5, 0.6) is 0 Å². The van der Waals surface area contributed by atoms with Gasteiger partial charge in [0, 0.05) is 23.6 Å². The Balaban J connectivity index is 2.02. The van der Waals surface area contributed by atoms with Crippen molar-refractivity contribution >= 4 is 38.8 Å². The molecule has 1 aromatic carbocycles. The average Bonchev–Trinajstić information content (AvgIpc) is 2.41. The zero-order valence-electron chi connectivity index (χ0n) is 12.1. The summed E-state index contributed by atoms with van der Waals surface area (Å²) in [6.07, 6.45) is 2.56. The molecule has 1 heterocycles. The van der Waals surface area contributed by atoms with Crippen LogP contribution in [0, 0.1) is 5.92 Å². The van der Waals surface area contributed by atoms with Crippen LogP contribution in [-0.4, -0.2) is 43.6 Å². The van der Waals surface area contributed by atoms with E-state index in [1.807, 2.05) is 12.1 Å². The summed E-state index contributed by atoms with van der Waals surface area (Å²) in [5.41, 5.74) is 7.77.